The summed E-state index contributed by atoms with van der Waals surface area (Å²) in [7, 11) is -3.00. The first-order chi connectivity index (χ1) is 9.69. The number of rotatable bonds is 7. The van der Waals surface area contributed by atoms with Crippen molar-refractivity contribution in [3.63, 3.8) is 0 Å². The smallest absolute Gasteiger partial charge is 0.324 e. The van der Waals surface area contributed by atoms with E-state index in [4.69, 9.17) is 5.11 Å². The number of sulfonamides is 1. The second-order valence-corrected chi connectivity index (χ2v) is 5.86. The number of ether oxygens (including phenoxy) is 1. The summed E-state index contributed by atoms with van der Waals surface area (Å²) in [5, 5.41) is 19.6. The number of carboxylic acids is 1. The molecule has 116 valence electrons. The van der Waals surface area contributed by atoms with Gasteiger partial charge in [0.05, 0.1) is 16.4 Å². The number of hydrogen-bond acceptors (Lipinski definition) is 6. The van der Waals surface area contributed by atoms with Gasteiger partial charge in [-0.05, 0) is 12.5 Å². The van der Waals surface area contributed by atoms with E-state index < -0.39 is 32.6 Å². The van der Waals surface area contributed by atoms with Crippen LogP contribution in [0.15, 0.2) is 23.1 Å². The summed E-state index contributed by atoms with van der Waals surface area (Å²) in [4.78, 5) is 20.6. The Hall–Kier alpha value is -2.04. The standard InChI is InChI=1S/C11H14N2O7S/c1-7-3-4-8(13(16)17)5-10(7)21(18,19)12-9(6-20-2)11(14)15/h3-5,9,12H,6H2,1-2H3,(H,14,15). The van der Waals surface area contributed by atoms with Gasteiger partial charge in [-0.1, -0.05) is 6.07 Å². The minimum atomic E-state index is -4.23. The predicted octanol–water partition coefficient (Wildman–Crippen LogP) is 0.281. The average Bonchev–Trinajstić information content (AvgIpc) is 2.37. The molecule has 0 aliphatic heterocycles. The molecule has 0 heterocycles. The van der Waals surface area contributed by atoms with Crippen LogP contribution in [0.25, 0.3) is 0 Å². The minimum absolute atomic E-state index is 0.259. The zero-order valence-corrected chi connectivity index (χ0v) is 12.1. The Balaban J connectivity index is 3.21. The van der Waals surface area contributed by atoms with Gasteiger partial charge < -0.3 is 9.84 Å². The first kappa shape index (κ1) is 17.0. The van der Waals surface area contributed by atoms with Crippen LogP contribution >= 0.6 is 0 Å². The van der Waals surface area contributed by atoms with Crippen LogP contribution in [0, 0.1) is 17.0 Å². The van der Waals surface area contributed by atoms with Gasteiger partial charge >= 0.3 is 5.97 Å². The molecule has 0 saturated carbocycles. The summed E-state index contributed by atoms with van der Waals surface area (Å²) in [5.41, 5.74) is -0.144. The maximum absolute atomic E-state index is 12.2. The van der Waals surface area contributed by atoms with Crippen molar-refractivity contribution in [2.45, 2.75) is 17.9 Å². The highest BCUT2D eigenvalue weighted by atomic mass is 32.2. The number of nitro groups is 1. The van der Waals surface area contributed by atoms with Gasteiger partial charge in [-0.25, -0.2) is 8.42 Å². The van der Waals surface area contributed by atoms with E-state index in [-0.39, 0.29) is 17.1 Å². The lowest BCUT2D eigenvalue weighted by Crippen LogP contribution is -2.43. The lowest BCUT2D eigenvalue weighted by Gasteiger charge is -2.15. The van der Waals surface area contributed by atoms with E-state index in [9.17, 15) is 23.3 Å². The van der Waals surface area contributed by atoms with E-state index in [1.807, 2.05) is 4.72 Å². The lowest BCUT2D eigenvalue weighted by molar-refractivity contribution is -0.385. The number of aliphatic carboxylic acids is 1. The SMILES string of the molecule is COCC(NS(=O)(=O)c1cc([N+](=O)[O-])ccc1C)C(=O)O. The Morgan fingerprint density at radius 3 is 2.62 bits per heavy atom. The Labute approximate surface area is 120 Å². The van der Waals surface area contributed by atoms with Crippen LogP contribution in [0.1, 0.15) is 5.56 Å². The maximum atomic E-state index is 12.2. The van der Waals surface area contributed by atoms with E-state index in [0.717, 1.165) is 12.1 Å². The maximum Gasteiger partial charge on any atom is 0.324 e. The number of aryl methyl sites for hydroxylation is 1. The van der Waals surface area contributed by atoms with Crippen LogP contribution in [0.3, 0.4) is 0 Å². The molecule has 1 unspecified atom stereocenters. The highest BCUT2D eigenvalue weighted by Gasteiger charge is 2.27. The van der Waals surface area contributed by atoms with Gasteiger partial charge in [-0.3, -0.25) is 14.9 Å². The van der Waals surface area contributed by atoms with Crippen molar-refractivity contribution >= 4 is 21.7 Å². The molecular weight excluding hydrogens is 304 g/mol. The average molecular weight is 318 g/mol. The number of carbonyl (C=O) groups is 1. The Bertz CT molecular complexity index is 657. The molecular formula is C11H14N2O7S. The van der Waals surface area contributed by atoms with Crippen molar-refractivity contribution in [2.75, 3.05) is 13.7 Å². The van der Waals surface area contributed by atoms with Crippen molar-refractivity contribution in [1.82, 2.24) is 4.72 Å². The summed E-state index contributed by atoms with van der Waals surface area (Å²) in [5.74, 6) is -1.41. The zero-order chi connectivity index (χ0) is 16.2. The molecule has 0 aliphatic rings. The number of hydrogen-bond donors (Lipinski definition) is 2. The van der Waals surface area contributed by atoms with Gasteiger partial charge in [-0.15, -0.1) is 0 Å². The molecule has 0 spiro atoms. The Morgan fingerprint density at radius 2 is 2.14 bits per heavy atom. The summed E-state index contributed by atoms with van der Waals surface area (Å²) >= 11 is 0. The fourth-order valence-electron chi connectivity index (χ4n) is 1.57. The molecule has 0 bridgehead atoms. The summed E-state index contributed by atoms with van der Waals surface area (Å²) in [6.45, 7) is 1.08. The van der Waals surface area contributed by atoms with Crippen LogP contribution in [0.5, 0.6) is 0 Å². The summed E-state index contributed by atoms with van der Waals surface area (Å²) in [6, 6.07) is 1.83. The van der Waals surface area contributed by atoms with Crippen molar-refractivity contribution in [2.24, 2.45) is 0 Å². The third-order valence-corrected chi connectivity index (χ3v) is 4.21. The molecule has 1 atom stereocenters. The molecule has 0 aromatic heterocycles. The van der Waals surface area contributed by atoms with E-state index in [0.29, 0.717) is 0 Å². The molecule has 10 heteroatoms. The third-order valence-electron chi connectivity index (χ3n) is 2.60. The van der Waals surface area contributed by atoms with Gasteiger partial charge in [0, 0.05) is 19.2 Å². The quantitative estimate of drug-likeness (QED) is 0.544. The van der Waals surface area contributed by atoms with Crippen molar-refractivity contribution < 1.29 is 28.0 Å². The lowest BCUT2D eigenvalue weighted by atomic mass is 10.2. The molecule has 0 amide bonds. The first-order valence-corrected chi connectivity index (χ1v) is 7.16. The molecule has 1 aromatic rings. The van der Waals surface area contributed by atoms with E-state index in [1.165, 1.54) is 20.1 Å². The Kier molecular flexibility index (Phi) is 5.35. The number of carboxylic acid groups (broad SMARTS) is 1. The monoisotopic (exact) mass is 318 g/mol. The van der Waals surface area contributed by atoms with E-state index in [1.54, 1.807) is 0 Å². The fourth-order valence-corrected chi connectivity index (χ4v) is 3.00. The Morgan fingerprint density at radius 1 is 1.52 bits per heavy atom. The largest absolute Gasteiger partial charge is 0.480 e. The number of methoxy groups -OCH3 is 1. The topological polar surface area (TPSA) is 136 Å². The zero-order valence-electron chi connectivity index (χ0n) is 11.3. The summed E-state index contributed by atoms with van der Waals surface area (Å²) in [6.07, 6.45) is 0. The molecule has 1 rings (SSSR count). The molecule has 1 aromatic carbocycles. The first-order valence-electron chi connectivity index (χ1n) is 5.68. The van der Waals surface area contributed by atoms with Crippen LogP contribution in [0.4, 0.5) is 5.69 Å². The molecule has 21 heavy (non-hydrogen) atoms. The van der Waals surface area contributed by atoms with Gasteiger partial charge in [0.1, 0.15) is 6.04 Å². The normalized spacial score (nSPS) is 12.9. The van der Waals surface area contributed by atoms with Crippen LogP contribution in [0.2, 0.25) is 0 Å². The van der Waals surface area contributed by atoms with Gasteiger partial charge in [0.2, 0.25) is 10.0 Å². The second-order valence-electron chi connectivity index (χ2n) is 4.17. The summed E-state index contributed by atoms with van der Waals surface area (Å²) < 4.78 is 30.9. The van der Waals surface area contributed by atoms with Crippen molar-refractivity contribution in [1.29, 1.82) is 0 Å². The molecule has 0 radical (unpaired) electrons. The highest BCUT2D eigenvalue weighted by Crippen LogP contribution is 2.21. The predicted molar refractivity (Wildman–Crippen MR) is 71.5 cm³/mol. The number of nitrogens with one attached hydrogen (secondary N) is 1. The van der Waals surface area contributed by atoms with E-state index >= 15 is 0 Å². The van der Waals surface area contributed by atoms with Crippen molar-refractivity contribution in [3.8, 4) is 0 Å². The van der Waals surface area contributed by atoms with Gasteiger partial charge in [-0.2, -0.15) is 4.72 Å². The second kappa shape index (κ2) is 6.61. The highest BCUT2D eigenvalue weighted by molar-refractivity contribution is 7.89. The molecule has 0 saturated heterocycles. The number of benzene rings is 1. The molecule has 9 nitrogen and oxygen atoms in total. The van der Waals surface area contributed by atoms with Gasteiger partial charge in [0.15, 0.2) is 0 Å². The van der Waals surface area contributed by atoms with E-state index in [2.05, 4.69) is 4.74 Å². The van der Waals surface area contributed by atoms with Crippen LogP contribution in [-0.2, 0) is 19.6 Å². The fraction of sp³-hybridized carbons (Fsp3) is 0.364. The molecule has 0 fully saturated rings. The van der Waals surface area contributed by atoms with Gasteiger partial charge in [0.25, 0.3) is 5.69 Å². The van der Waals surface area contributed by atoms with Crippen LogP contribution in [-0.4, -0.2) is 44.2 Å². The third kappa shape index (κ3) is 4.21. The number of non-ortho nitro benzene ring substituents is 1. The number of nitro benzene ring substituents is 1. The minimum Gasteiger partial charge on any atom is -0.480 e. The van der Waals surface area contributed by atoms with Crippen LogP contribution < -0.4 is 4.72 Å². The number of nitrogens with zero attached hydrogens (tertiary/aromatic N) is 1. The molecule has 0 aliphatic carbocycles. The van der Waals surface area contributed by atoms with Crippen molar-refractivity contribution in [3.05, 3.63) is 33.9 Å². The molecule has 2 N–H and O–H groups in total.